The molecule has 1 aliphatic rings. The average molecular weight is 469 g/mol. The van der Waals surface area contributed by atoms with Crippen LogP contribution in [-0.4, -0.2) is 28.5 Å². The molecule has 1 fully saturated rings. The molecule has 1 saturated heterocycles. The number of carbonyl (C=O) groups is 1. The van der Waals surface area contributed by atoms with Crippen molar-refractivity contribution in [2.24, 2.45) is 0 Å². The molecular weight excluding hydrogens is 457 g/mol. The number of rotatable bonds is 4. The molecule has 0 radical (unpaired) electrons. The Labute approximate surface area is 169 Å². The summed E-state index contributed by atoms with van der Waals surface area (Å²) in [6.45, 7) is 0. The van der Waals surface area contributed by atoms with Crippen LogP contribution in [0.25, 0.3) is 0 Å². The highest BCUT2D eigenvalue weighted by Gasteiger charge is 2.37. The molecule has 29 heavy (non-hydrogen) atoms. The number of nitrogens with zero attached hydrogens (tertiary/aromatic N) is 1. The van der Waals surface area contributed by atoms with E-state index in [0.717, 1.165) is 36.4 Å². The first kappa shape index (κ1) is 21.4. The van der Waals surface area contributed by atoms with Crippen LogP contribution < -0.4 is 9.03 Å². The maximum atomic E-state index is 13.2. The van der Waals surface area contributed by atoms with Gasteiger partial charge in [0, 0.05) is 11.4 Å². The Hall–Kier alpha value is -2.31. The van der Waals surface area contributed by atoms with Crippen molar-refractivity contribution in [2.45, 2.75) is 17.5 Å². The third-order valence-electron chi connectivity index (χ3n) is 3.99. The van der Waals surface area contributed by atoms with Crippen molar-refractivity contribution in [1.82, 2.24) is 0 Å². The highest BCUT2D eigenvalue weighted by atomic mass is 35.5. The molecule has 3 rings (SSSR count). The fourth-order valence-electron chi connectivity index (χ4n) is 2.67. The van der Waals surface area contributed by atoms with E-state index >= 15 is 0 Å². The van der Waals surface area contributed by atoms with Gasteiger partial charge < -0.3 is 0 Å². The van der Waals surface area contributed by atoms with Crippen LogP contribution in [0, 0.1) is 0 Å². The second-order valence-corrected chi connectivity index (χ2v) is 10.1. The molecule has 1 heterocycles. The third-order valence-corrected chi connectivity index (χ3v) is 7.30. The lowest BCUT2D eigenvalue weighted by Gasteiger charge is -2.17. The van der Waals surface area contributed by atoms with Crippen LogP contribution in [0.5, 0.6) is 0 Å². The SMILES string of the molecule is O=C1CCS(=O)(=O)N1c1ccc(S(=O)(=O)Nc2ccc(Cl)cc2C(F)(F)F)cc1. The van der Waals surface area contributed by atoms with Gasteiger partial charge in [0.15, 0.2) is 0 Å². The predicted octanol–water partition coefficient (Wildman–Crippen LogP) is 3.23. The van der Waals surface area contributed by atoms with E-state index in [-0.39, 0.29) is 22.9 Å². The van der Waals surface area contributed by atoms with Crippen LogP contribution in [0.4, 0.5) is 24.5 Å². The third kappa shape index (κ3) is 4.33. The number of sulfonamides is 2. The first-order valence-electron chi connectivity index (χ1n) is 7.87. The normalized spacial score (nSPS) is 16.8. The molecule has 0 atom stereocenters. The molecule has 0 bridgehead atoms. The molecule has 2 aromatic carbocycles. The number of amides is 1. The van der Waals surface area contributed by atoms with Gasteiger partial charge in [-0.15, -0.1) is 0 Å². The molecule has 1 aliphatic heterocycles. The molecule has 0 unspecified atom stereocenters. The smallest absolute Gasteiger partial charge is 0.279 e. The number of halogens is 4. The minimum Gasteiger partial charge on any atom is -0.279 e. The fourth-order valence-corrected chi connectivity index (χ4v) is 5.38. The molecule has 13 heteroatoms. The Morgan fingerprint density at radius 1 is 1.07 bits per heavy atom. The van der Waals surface area contributed by atoms with Crippen molar-refractivity contribution in [2.75, 3.05) is 14.8 Å². The lowest BCUT2D eigenvalue weighted by atomic mass is 10.2. The molecule has 0 aromatic heterocycles. The lowest BCUT2D eigenvalue weighted by Crippen LogP contribution is -2.29. The van der Waals surface area contributed by atoms with E-state index in [4.69, 9.17) is 11.6 Å². The number of alkyl halides is 3. The van der Waals surface area contributed by atoms with E-state index in [9.17, 15) is 34.8 Å². The molecule has 1 amide bonds. The summed E-state index contributed by atoms with van der Waals surface area (Å²) in [6, 6.07) is 6.72. The Kier molecular flexibility index (Phi) is 5.30. The van der Waals surface area contributed by atoms with Gasteiger partial charge in [-0.3, -0.25) is 9.52 Å². The van der Waals surface area contributed by atoms with Gasteiger partial charge in [-0.1, -0.05) is 11.6 Å². The Balaban J connectivity index is 1.93. The van der Waals surface area contributed by atoms with E-state index in [1.165, 1.54) is 0 Å². The highest BCUT2D eigenvalue weighted by molar-refractivity contribution is 7.94. The minimum absolute atomic E-state index is 0.0612. The van der Waals surface area contributed by atoms with Gasteiger partial charge in [-0.2, -0.15) is 13.2 Å². The van der Waals surface area contributed by atoms with Gasteiger partial charge in [0.1, 0.15) is 0 Å². The Bertz CT molecular complexity index is 1180. The second kappa shape index (κ2) is 7.18. The lowest BCUT2D eigenvalue weighted by molar-refractivity contribution is -0.136. The number of hydrogen-bond acceptors (Lipinski definition) is 5. The van der Waals surface area contributed by atoms with Crippen LogP contribution >= 0.6 is 11.6 Å². The monoisotopic (exact) mass is 468 g/mol. The first-order chi connectivity index (χ1) is 13.3. The van der Waals surface area contributed by atoms with Crippen molar-refractivity contribution in [3.63, 3.8) is 0 Å². The zero-order valence-electron chi connectivity index (χ0n) is 14.3. The summed E-state index contributed by atoms with van der Waals surface area (Å²) in [7, 11) is -8.27. The Morgan fingerprint density at radius 3 is 2.21 bits per heavy atom. The summed E-state index contributed by atoms with van der Waals surface area (Å²) in [6.07, 6.45) is -5.04. The molecule has 2 aromatic rings. The van der Waals surface area contributed by atoms with Crippen molar-refractivity contribution >= 4 is 48.9 Å². The zero-order valence-corrected chi connectivity index (χ0v) is 16.7. The van der Waals surface area contributed by atoms with Crippen molar-refractivity contribution < 1.29 is 34.8 Å². The van der Waals surface area contributed by atoms with Crippen LogP contribution in [0.15, 0.2) is 47.4 Å². The van der Waals surface area contributed by atoms with Crippen molar-refractivity contribution in [3.05, 3.63) is 53.1 Å². The summed E-state index contributed by atoms with van der Waals surface area (Å²) in [5.41, 5.74) is -2.05. The molecular formula is C16H12ClF3N2O5S2. The molecule has 0 spiro atoms. The van der Waals surface area contributed by atoms with Gasteiger partial charge in [-0.05, 0) is 42.5 Å². The van der Waals surface area contributed by atoms with Crippen LogP contribution in [0.1, 0.15) is 12.0 Å². The summed E-state index contributed by atoms with van der Waals surface area (Å²) >= 11 is 5.57. The number of anilines is 2. The molecule has 1 N–H and O–H groups in total. The van der Waals surface area contributed by atoms with Gasteiger partial charge in [0.25, 0.3) is 10.0 Å². The largest absolute Gasteiger partial charge is 0.418 e. The van der Waals surface area contributed by atoms with Gasteiger partial charge in [0.2, 0.25) is 15.9 Å². The van der Waals surface area contributed by atoms with Crippen molar-refractivity contribution in [1.29, 1.82) is 0 Å². The van der Waals surface area contributed by atoms with Crippen LogP contribution in [0.3, 0.4) is 0 Å². The van der Waals surface area contributed by atoms with Gasteiger partial charge in [-0.25, -0.2) is 21.1 Å². The maximum absolute atomic E-state index is 13.2. The van der Waals surface area contributed by atoms with E-state index in [1.807, 2.05) is 4.72 Å². The van der Waals surface area contributed by atoms with Crippen LogP contribution in [0.2, 0.25) is 5.02 Å². The topological polar surface area (TPSA) is 101 Å². The predicted molar refractivity (Wildman–Crippen MR) is 99.6 cm³/mol. The summed E-state index contributed by atoms with van der Waals surface area (Å²) in [4.78, 5) is 11.3. The quantitative estimate of drug-likeness (QED) is 0.742. The molecule has 0 saturated carbocycles. The number of carbonyl (C=O) groups excluding carboxylic acids is 1. The minimum atomic E-state index is -4.85. The fraction of sp³-hybridized carbons (Fsp3) is 0.188. The number of hydrogen-bond donors (Lipinski definition) is 1. The van der Waals surface area contributed by atoms with E-state index in [0.29, 0.717) is 10.4 Å². The number of benzene rings is 2. The first-order valence-corrected chi connectivity index (χ1v) is 11.3. The van der Waals surface area contributed by atoms with E-state index in [2.05, 4.69) is 0 Å². The summed E-state index contributed by atoms with van der Waals surface area (Å²) in [5, 5.41) is -0.221. The van der Waals surface area contributed by atoms with Gasteiger partial charge >= 0.3 is 6.18 Å². The zero-order chi connectivity index (χ0) is 21.6. The number of nitrogens with one attached hydrogen (secondary N) is 1. The average Bonchev–Trinajstić information content (AvgIpc) is 2.88. The van der Waals surface area contributed by atoms with Gasteiger partial charge in [0.05, 0.1) is 27.6 Å². The second-order valence-electron chi connectivity index (χ2n) is 6.01. The Morgan fingerprint density at radius 2 is 1.69 bits per heavy atom. The standard InChI is InChI=1S/C16H12ClF3N2O5S2/c17-10-1-6-14(13(9-10)16(18,19)20)21-29(26,27)12-4-2-11(3-5-12)22-15(23)7-8-28(22,24)25/h1-6,9,21H,7-8H2. The van der Waals surface area contributed by atoms with Crippen molar-refractivity contribution in [3.8, 4) is 0 Å². The van der Waals surface area contributed by atoms with E-state index in [1.54, 1.807) is 0 Å². The highest BCUT2D eigenvalue weighted by Crippen LogP contribution is 2.37. The van der Waals surface area contributed by atoms with Crippen LogP contribution in [-0.2, 0) is 31.0 Å². The molecule has 7 nitrogen and oxygen atoms in total. The maximum Gasteiger partial charge on any atom is 0.418 e. The summed E-state index contributed by atoms with van der Waals surface area (Å²) in [5.74, 6) is -1.01. The van der Waals surface area contributed by atoms with E-state index < -0.39 is 48.3 Å². The summed E-state index contributed by atoms with van der Waals surface area (Å²) < 4.78 is 90.7. The molecule has 156 valence electrons. The molecule has 0 aliphatic carbocycles.